The molecule has 0 heterocycles. The molecule has 6 nitrogen and oxygen atoms in total. The minimum atomic E-state index is -0.488. The van der Waals surface area contributed by atoms with Crippen LogP contribution in [0, 0.1) is 0 Å². The highest BCUT2D eigenvalue weighted by atomic mass is 16.6. The molecule has 0 saturated carbocycles. The third-order valence-corrected chi connectivity index (χ3v) is 2.18. The number of methoxy groups -OCH3 is 1. The van der Waals surface area contributed by atoms with Crippen LogP contribution in [0.3, 0.4) is 0 Å². The van der Waals surface area contributed by atoms with E-state index in [0.717, 1.165) is 0 Å². The van der Waals surface area contributed by atoms with E-state index in [2.05, 4.69) is 0 Å². The topological polar surface area (TPSA) is 87.9 Å². The number of aldehydes is 1. The number of anilines is 1. The summed E-state index contributed by atoms with van der Waals surface area (Å²) in [7, 11) is 1.40. The molecule has 18 heavy (non-hydrogen) atoms. The molecule has 0 aliphatic heterocycles. The molecule has 0 bridgehead atoms. The molecule has 2 N–H and O–H groups in total. The van der Waals surface area contributed by atoms with Gasteiger partial charge in [-0.05, 0) is 19.1 Å². The van der Waals surface area contributed by atoms with Gasteiger partial charge in [0.15, 0.2) is 24.4 Å². The van der Waals surface area contributed by atoms with Crippen LogP contribution in [0.25, 0.3) is 0 Å². The normalized spacial score (nSPS) is 9.67. The van der Waals surface area contributed by atoms with Crippen LogP contribution >= 0.6 is 0 Å². The smallest absolute Gasteiger partial charge is 0.344 e. The molecule has 0 unspecified atom stereocenters. The number of nitrogen functional groups attached to an aromatic ring is 1. The molecule has 0 aliphatic carbocycles. The summed E-state index contributed by atoms with van der Waals surface area (Å²) in [6.45, 7) is 1.74. The van der Waals surface area contributed by atoms with E-state index in [1.54, 1.807) is 6.92 Å². The summed E-state index contributed by atoms with van der Waals surface area (Å²) in [5.74, 6) is 0.0233. The molecule has 0 amide bonds. The zero-order valence-electron chi connectivity index (χ0n) is 10.3. The highest BCUT2D eigenvalue weighted by Crippen LogP contribution is 2.35. The van der Waals surface area contributed by atoms with Gasteiger partial charge < -0.3 is 19.9 Å². The van der Waals surface area contributed by atoms with Gasteiger partial charge in [-0.2, -0.15) is 0 Å². The zero-order valence-corrected chi connectivity index (χ0v) is 10.3. The van der Waals surface area contributed by atoms with E-state index in [-0.39, 0.29) is 30.4 Å². The van der Waals surface area contributed by atoms with E-state index in [9.17, 15) is 9.59 Å². The van der Waals surface area contributed by atoms with Crippen molar-refractivity contribution in [2.45, 2.75) is 6.92 Å². The Hall–Kier alpha value is -2.24. The van der Waals surface area contributed by atoms with Crippen molar-refractivity contribution in [1.29, 1.82) is 0 Å². The number of nitrogens with two attached hydrogens (primary N) is 1. The molecule has 0 aromatic heterocycles. The van der Waals surface area contributed by atoms with Crippen LogP contribution in [0.15, 0.2) is 12.1 Å². The Morgan fingerprint density at radius 2 is 2.17 bits per heavy atom. The first-order valence-electron chi connectivity index (χ1n) is 5.34. The van der Waals surface area contributed by atoms with Crippen molar-refractivity contribution >= 4 is 17.9 Å². The molecule has 0 aliphatic rings. The molecule has 0 spiro atoms. The molecular formula is C12H15NO5. The maximum Gasteiger partial charge on any atom is 0.344 e. The van der Waals surface area contributed by atoms with Gasteiger partial charge in [0.2, 0.25) is 0 Å². The number of hydrogen-bond donors (Lipinski definition) is 1. The lowest BCUT2D eigenvalue weighted by atomic mass is 10.1. The van der Waals surface area contributed by atoms with Crippen molar-refractivity contribution in [2.24, 2.45) is 0 Å². The minimum Gasteiger partial charge on any atom is -0.491 e. The summed E-state index contributed by atoms with van der Waals surface area (Å²) in [5.41, 5.74) is 6.19. The van der Waals surface area contributed by atoms with Gasteiger partial charge in [-0.15, -0.1) is 0 Å². The second kappa shape index (κ2) is 6.48. The lowest BCUT2D eigenvalue weighted by Crippen LogP contribution is -2.15. The summed E-state index contributed by atoms with van der Waals surface area (Å²) in [6.07, 6.45) is 0.618. The van der Waals surface area contributed by atoms with Crippen molar-refractivity contribution in [3.8, 4) is 11.5 Å². The number of carbonyl (C=O) groups excluding carboxylic acids is 2. The fraction of sp³-hybridized carbons (Fsp3) is 0.333. The van der Waals surface area contributed by atoms with Gasteiger partial charge in [-0.1, -0.05) is 0 Å². The standard InChI is InChI=1S/C12H15NO5/c1-3-17-10(15)7-18-9-5-4-8(6-14)11(13)12(9)16-2/h4-6H,3,7,13H2,1-2H3. The second-order valence-corrected chi connectivity index (χ2v) is 3.31. The third-order valence-electron chi connectivity index (χ3n) is 2.18. The lowest BCUT2D eigenvalue weighted by Gasteiger charge is -2.13. The predicted octanol–water partition coefficient (Wildman–Crippen LogP) is 1.03. The van der Waals surface area contributed by atoms with Crippen molar-refractivity contribution in [2.75, 3.05) is 26.1 Å². The van der Waals surface area contributed by atoms with Crippen molar-refractivity contribution in [3.63, 3.8) is 0 Å². The predicted molar refractivity (Wildman–Crippen MR) is 64.9 cm³/mol. The van der Waals surface area contributed by atoms with Crippen molar-refractivity contribution < 1.29 is 23.8 Å². The Morgan fingerprint density at radius 3 is 2.72 bits per heavy atom. The number of hydrogen-bond acceptors (Lipinski definition) is 6. The summed E-state index contributed by atoms with van der Waals surface area (Å²) < 4.78 is 15.0. The lowest BCUT2D eigenvalue weighted by molar-refractivity contribution is -0.145. The van der Waals surface area contributed by atoms with Crippen LogP contribution in [-0.2, 0) is 9.53 Å². The number of rotatable bonds is 6. The Bertz CT molecular complexity index is 444. The van der Waals surface area contributed by atoms with Gasteiger partial charge in [-0.25, -0.2) is 4.79 Å². The summed E-state index contributed by atoms with van der Waals surface area (Å²) in [6, 6.07) is 3.00. The maximum absolute atomic E-state index is 11.1. The molecule has 1 aromatic carbocycles. The average molecular weight is 253 g/mol. The third kappa shape index (κ3) is 3.13. The van der Waals surface area contributed by atoms with Gasteiger partial charge in [-0.3, -0.25) is 4.79 Å². The summed E-state index contributed by atoms with van der Waals surface area (Å²) in [5, 5.41) is 0. The van der Waals surface area contributed by atoms with Gasteiger partial charge in [0.05, 0.1) is 19.4 Å². The minimum absolute atomic E-state index is 0.175. The molecule has 98 valence electrons. The molecule has 0 fully saturated rings. The fourth-order valence-electron chi connectivity index (χ4n) is 1.36. The van der Waals surface area contributed by atoms with Gasteiger partial charge in [0.25, 0.3) is 0 Å². The number of carbonyl (C=O) groups is 2. The zero-order chi connectivity index (χ0) is 13.5. The monoisotopic (exact) mass is 253 g/mol. The molecule has 0 atom stereocenters. The Morgan fingerprint density at radius 1 is 1.44 bits per heavy atom. The van der Waals surface area contributed by atoms with Gasteiger partial charge in [0.1, 0.15) is 0 Å². The average Bonchev–Trinajstić information content (AvgIpc) is 2.36. The van der Waals surface area contributed by atoms with Crippen LogP contribution in [0.1, 0.15) is 17.3 Å². The quantitative estimate of drug-likeness (QED) is 0.463. The first-order valence-corrected chi connectivity index (χ1v) is 5.34. The Labute approximate surface area is 105 Å². The highest BCUT2D eigenvalue weighted by molar-refractivity contribution is 5.87. The largest absolute Gasteiger partial charge is 0.491 e. The SMILES string of the molecule is CCOC(=O)COc1ccc(C=O)c(N)c1OC. The van der Waals surface area contributed by atoms with Gasteiger partial charge >= 0.3 is 5.97 Å². The van der Waals surface area contributed by atoms with Crippen molar-refractivity contribution in [1.82, 2.24) is 0 Å². The molecule has 1 aromatic rings. The van der Waals surface area contributed by atoms with Crippen LogP contribution in [0.2, 0.25) is 0 Å². The number of esters is 1. The van der Waals surface area contributed by atoms with Crippen LogP contribution in [-0.4, -0.2) is 32.6 Å². The van der Waals surface area contributed by atoms with Crippen LogP contribution in [0.4, 0.5) is 5.69 Å². The van der Waals surface area contributed by atoms with Crippen molar-refractivity contribution in [3.05, 3.63) is 17.7 Å². The molecule has 6 heteroatoms. The molecule has 0 radical (unpaired) electrons. The highest BCUT2D eigenvalue weighted by Gasteiger charge is 2.13. The number of benzene rings is 1. The van der Waals surface area contributed by atoms with E-state index in [1.165, 1.54) is 19.2 Å². The van der Waals surface area contributed by atoms with Gasteiger partial charge in [0, 0.05) is 5.56 Å². The summed E-state index contributed by atoms with van der Waals surface area (Å²) in [4.78, 5) is 21.9. The Kier molecular flexibility index (Phi) is 4.98. The Balaban J connectivity index is 2.86. The van der Waals surface area contributed by atoms with E-state index < -0.39 is 5.97 Å². The fourth-order valence-corrected chi connectivity index (χ4v) is 1.36. The first-order chi connectivity index (χ1) is 8.63. The van der Waals surface area contributed by atoms with E-state index in [1.807, 2.05) is 0 Å². The van der Waals surface area contributed by atoms with Crippen LogP contribution < -0.4 is 15.2 Å². The van der Waals surface area contributed by atoms with E-state index in [4.69, 9.17) is 19.9 Å². The first kappa shape index (κ1) is 13.8. The molecule has 0 saturated heterocycles. The van der Waals surface area contributed by atoms with E-state index in [0.29, 0.717) is 11.8 Å². The number of ether oxygens (including phenoxy) is 3. The van der Waals surface area contributed by atoms with Crippen LogP contribution in [0.5, 0.6) is 11.5 Å². The molecule has 1 rings (SSSR count). The molecular weight excluding hydrogens is 238 g/mol. The summed E-state index contributed by atoms with van der Waals surface area (Å²) >= 11 is 0. The second-order valence-electron chi connectivity index (χ2n) is 3.31. The maximum atomic E-state index is 11.1. The van der Waals surface area contributed by atoms with E-state index >= 15 is 0 Å².